The van der Waals surface area contributed by atoms with Crippen LogP contribution in [-0.4, -0.2) is 16.1 Å². The fourth-order valence-corrected chi connectivity index (χ4v) is 2.56. The van der Waals surface area contributed by atoms with Gasteiger partial charge in [0.05, 0.1) is 6.04 Å². The lowest BCUT2D eigenvalue weighted by Crippen LogP contribution is -2.27. The van der Waals surface area contributed by atoms with Gasteiger partial charge in [-0.3, -0.25) is 9.89 Å². The molecule has 1 atom stereocenters. The first-order valence-electron chi connectivity index (χ1n) is 7.53. The first-order valence-corrected chi connectivity index (χ1v) is 7.53. The van der Waals surface area contributed by atoms with Crippen LogP contribution >= 0.6 is 0 Å². The number of amides is 1. The summed E-state index contributed by atoms with van der Waals surface area (Å²) in [4.78, 5) is 12.4. The molecule has 0 aliphatic rings. The Kier molecular flexibility index (Phi) is 4.02. The molecule has 5 heteroatoms. The van der Waals surface area contributed by atoms with Crippen LogP contribution < -0.4 is 5.32 Å². The number of nitrogens with zero attached hydrogens (tertiary/aromatic N) is 1. The molecule has 2 N–H and O–H groups in total. The standard InChI is InChI=1S/C18H19N3O2/c1-11-6-4-5-7-14(11)13(3)19-18(22)16-10-15(20-21-16)17-9-8-12(2)23-17/h4-10,13H,1-3H3,(H,19,22)(H,20,21). The number of benzene rings is 1. The van der Waals surface area contributed by atoms with Crippen LogP contribution in [0.15, 0.2) is 46.9 Å². The molecule has 0 radical (unpaired) electrons. The zero-order valence-corrected chi connectivity index (χ0v) is 13.4. The summed E-state index contributed by atoms with van der Waals surface area (Å²) in [5.74, 6) is 1.27. The van der Waals surface area contributed by atoms with Crippen LogP contribution in [-0.2, 0) is 0 Å². The zero-order valence-electron chi connectivity index (χ0n) is 13.4. The topological polar surface area (TPSA) is 70.9 Å². The summed E-state index contributed by atoms with van der Waals surface area (Å²) in [6, 6.07) is 13.3. The number of carbonyl (C=O) groups is 1. The molecule has 0 fully saturated rings. The molecule has 3 rings (SSSR count). The number of aromatic nitrogens is 2. The van der Waals surface area contributed by atoms with Gasteiger partial charge in [0.1, 0.15) is 11.5 Å². The number of hydrogen-bond acceptors (Lipinski definition) is 3. The van der Waals surface area contributed by atoms with Crippen molar-refractivity contribution < 1.29 is 9.21 Å². The highest BCUT2D eigenvalue weighted by atomic mass is 16.3. The summed E-state index contributed by atoms with van der Waals surface area (Å²) < 4.78 is 5.53. The van der Waals surface area contributed by atoms with Crippen molar-refractivity contribution in [3.05, 3.63) is 65.0 Å². The first-order chi connectivity index (χ1) is 11.0. The van der Waals surface area contributed by atoms with Gasteiger partial charge in [-0.05, 0) is 44.0 Å². The molecule has 0 saturated carbocycles. The molecular weight excluding hydrogens is 290 g/mol. The summed E-state index contributed by atoms with van der Waals surface area (Å²) in [5.41, 5.74) is 3.27. The second kappa shape index (κ2) is 6.12. The minimum absolute atomic E-state index is 0.0882. The highest BCUT2D eigenvalue weighted by Crippen LogP contribution is 2.21. The molecule has 23 heavy (non-hydrogen) atoms. The summed E-state index contributed by atoms with van der Waals surface area (Å²) >= 11 is 0. The van der Waals surface area contributed by atoms with Crippen LogP contribution in [0.25, 0.3) is 11.5 Å². The van der Waals surface area contributed by atoms with Gasteiger partial charge in [-0.15, -0.1) is 0 Å². The maximum atomic E-state index is 12.4. The Labute approximate surface area is 134 Å². The molecule has 0 saturated heterocycles. The molecule has 118 valence electrons. The van der Waals surface area contributed by atoms with Gasteiger partial charge in [0.25, 0.3) is 5.91 Å². The van der Waals surface area contributed by atoms with E-state index < -0.39 is 0 Å². The third-order valence-corrected chi connectivity index (χ3v) is 3.82. The van der Waals surface area contributed by atoms with Gasteiger partial charge >= 0.3 is 0 Å². The van der Waals surface area contributed by atoms with Gasteiger partial charge in [0, 0.05) is 6.07 Å². The molecule has 2 heterocycles. The molecule has 5 nitrogen and oxygen atoms in total. The minimum Gasteiger partial charge on any atom is -0.460 e. The van der Waals surface area contributed by atoms with E-state index in [9.17, 15) is 4.79 Å². The molecule has 0 aliphatic heterocycles. The fourth-order valence-electron chi connectivity index (χ4n) is 2.56. The van der Waals surface area contributed by atoms with E-state index in [4.69, 9.17) is 4.42 Å². The van der Waals surface area contributed by atoms with Crippen molar-refractivity contribution in [1.82, 2.24) is 15.5 Å². The van der Waals surface area contributed by atoms with Crippen molar-refractivity contribution in [2.24, 2.45) is 0 Å². The Morgan fingerprint density at radius 2 is 2.00 bits per heavy atom. The van der Waals surface area contributed by atoms with Crippen molar-refractivity contribution in [3.8, 4) is 11.5 Å². The van der Waals surface area contributed by atoms with Gasteiger partial charge in [0.15, 0.2) is 11.5 Å². The van der Waals surface area contributed by atoms with E-state index in [0.717, 1.165) is 16.9 Å². The molecule has 2 aromatic heterocycles. The molecule has 1 aromatic carbocycles. The lowest BCUT2D eigenvalue weighted by Gasteiger charge is -2.15. The summed E-state index contributed by atoms with van der Waals surface area (Å²) in [6.07, 6.45) is 0. The second-order valence-corrected chi connectivity index (χ2v) is 5.63. The van der Waals surface area contributed by atoms with Gasteiger partial charge in [-0.1, -0.05) is 24.3 Å². The van der Waals surface area contributed by atoms with E-state index in [1.807, 2.05) is 57.2 Å². The number of carbonyl (C=O) groups excluding carboxylic acids is 1. The lowest BCUT2D eigenvalue weighted by molar-refractivity contribution is 0.0934. The van der Waals surface area contributed by atoms with E-state index in [-0.39, 0.29) is 11.9 Å². The summed E-state index contributed by atoms with van der Waals surface area (Å²) in [7, 11) is 0. The Morgan fingerprint density at radius 1 is 1.22 bits per heavy atom. The number of rotatable bonds is 4. The van der Waals surface area contributed by atoms with Gasteiger partial charge in [-0.2, -0.15) is 5.10 Å². The van der Waals surface area contributed by atoms with Crippen LogP contribution in [0.5, 0.6) is 0 Å². The predicted octanol–water partition coefficient (Wildman–Crippen LogP) is 3.78. The summed E-state index contributed by atoms with van der Waals surface area (Å²) in [6.45, 7) is 5.87. The Bertz CT molecular complexity index is 832. The Balaban J connectivity index is 1.74. The number of aryl methyl sites for hydroxylation is 2. The van der Waals surface area contributed by atoms with Crippen LogP contribution in [0.3, 0.4) is 0 Å². The second-order valence-electron chi connectivity index (χ2n) is 5.63. The monoisotopic (exact) mass is 309 g/mol. The third-order valence-electron chi connectivity index (χ3n) is 3.82. The van der Waals surface area contributed by atoms with E-state index in [0.29, 0.717) is 17.1 Å². The Morgan fingerprint density at radius 3 is 2.70 bits per heavy atom. The molecule has 0 aliphatic carbocycles. The van der Waals surface area contributed by atoms with Crippen LogP contribution in [0.4, 0.5) is 0 Å². The molecule has 1 unspecified atom stereocenters. The van der Waals surface area contributed by atoms with Crippen LogP contribution in [0, 0.1) is 13.8 Å². The highest BCUT2D eigenvalue weighted by molar-refractivity contribution is 5.93. The normalized spacial score (nSPS) is 12.1. The Hall–Kier alpha value is -2.82. The highest BCUT2D eigenvalue weighted by Gasteiger charge is 2.16. The first kappa shape index (κ1) is 15.1. The quantitative estimate of drug-likeness (QED) is 0.770. The van der Waals surface area contributed by atoms with Gasteiger partial charge < -0.3 is 9.73 Å². The molecule has 0 spiro atoms. The van der Waals surface area contributed by atoms with Gasteiger partial charge in [0.2, 0.25) is 0 Å². The van der Waals surface area contributed by atoms with E-state index in [1.54, 1.807) is 6.07 Å². The maximum Gasteiger partial charge on any atom is 0.272 e. The lowest BCUT2D eigenvalue weighted by atomic mass is 10.0. The van der Waals surface area contributed by atoms with E-state index >= 15 is 0 Å². The van der Waals surface area contributed by atoms with Gasteiger partial charge in [-0.25, -0.2) is 0 Å². The number of H-pyrrole nitrogens is 1. The molecule has 1 amide bonds. The van der Waals surface area contributed by atoms with Crippen molar-refractivity contribution in [1.29, 1.82) is 0 Å². The maximum absolute atomic E-state index is 12.4. The van der Waals surface area contributed by atoms with Crippen molar-refractivity contribution in [2.45, 2.75) is 26.8 Å². The zero-order chi connectivity index (χ0) is 16.4. The smallest absolute Gasteiger partial charge is 0.272 e. The van der Waals surface area contributed by atoms with Crippen molar-refractivity contribution in [2.75, 3.05) is 0 Å². The SMILES string of the molecule is Cc1ccc(-c2cc(C(=O)NC(C)c3ccccc3C)n[nH]2)o1. The minimum atomic E-state index is -0.216. The number of aromatic amines is 1. The van der Waals surface area contributed by atoms with Crippen LogP contribution in [0.1, 0.15) is 40.3 Å². The number of hydrogen-bond donors (Lipinski definition) is 2. The summed E-state index contributed by atoms with van der Waals surface area (Å²) in [5, 5.41) is 9.88. The molecular formula is C18H19N3O2. The average Bonchev–Trinajstić information content (AvgIpc) is 3.16. The largest absolute Gasteiger partial charge is 0.460 e. The van der Waals surface area contributed by atoms with Crippen LogP contribution in [0.2, 0.25) is 0 Å². The number of nitrogens with one attached hydrogen (secondary N) is 2. The average molecular weight is 309 g/mol. The molecule has 3 aromatic rings. The third kappa shape index (κ3) is 3.18. The van der Waals surface area contributed by atoms with E-state index in [1.165, 1.54) is 0 Å². The predicted molar refractivity (Wildman–Crippen MR) is 88.1 cm³/mol. The van der Waals surface area contributed by atoms with E-state index in [2.05, 4.69) is 15.5 Å². The van der Waals surface area contributed by atoms with Crippen molar-refractivity contribution in [3.63, 3.8) is 0 Å². The molecule has 0 bridgehead atoms. The van der Waals surface area contributed by atoms with Crippen molar-refractivity contribution >= 4 is 5.91 Å². The fraction of sp³-hybridized carbons (Fsp3) is 0.222. The number of furan rings is 1.